The van der Waals surface area contributed by atoms with Gasteiger partial charge in [0.15, 0.2) is 0 Å². The summed E-state index contributed by atoms with van der Waals surface area (Å²) in [4.78, 5) is 11.8. The van der Waals surface area contributed by atoms with E-state index in [1.165, 1.54) is 25.0 Å². The van der Waals surface area contributed by atoms with Crippen molar-refractivity contribution in [3.63, 3.8) is 0 Å². The van der Waals surface area contributed by atoms with Crippen LogP contribution in [0.25, 0.3) is 0 Å². The van der Waals surface area contributed by atoms with Gasteiger partial charge in [0, 0.05) is 12.5 Å². The van der Waals surface area contributed by atoms with Crippen molar-refractivity contribution < 1.29 is 9.18 Å². The second kappa shape index (κ2) is 6.69. The second-order valence-electron chi connectivity index (χ2n) is 5.65. The van der Waals surface area contributed by atoms with Crippen molar-refractivity contribution in [3.05, 3.63) is 35.6 Å². The Morgan fingerprint density at radius 1 is 1.21 bits per heavy atom. The van der Waals surface area contributed by atoms with Crippen LogP contribution in [-0.2, 0) is 11.2 Å². The fourth-order valence-electron chi connectivity index (χ4n) is 2.61. The van der Waals surface area contributed by atoms with E-state index in [0.29, 0.717) is 18.9 Å². The van der Waals surface area contributed by atoms with Crippen LogP contribution in [0, 0.1) is 11.7 Å². The smallest absolute Gasteiger partial charge is 0.220 e. The molecule has 0 atom stereocenters. The molecule has 2 nitrogen and oxygen atoms in total. The lowest BCUT2D eigenvalue weighted by atomic mass is 9.87. The van der Waals surface area contributed by atoms with Gasteiger partial charge in [-0.15, -0.1) is 0 Å². The molecule has 0 spiro atoms. The molecule has 104 valence electrons. The molecule has 1 amide bonds. The summed E-state index contributed by atoms with van der Waals surface area (Å²) >= 11 is 0. The van der Waals surface area contributed by atoms with Gasteiger partial charge in [-0.2, -0.15) is 0 Å². The Morgan fingerprint density at radius 3 is 2.47 bits per heavy atom. The van der Waals surface area contributed by atoms with Gasteiger partial charge in [0.25, 0.3) is 0 Å². The molecular formula is C16H22FNO. The number of hydrogen-bond donors (Lipinski definition) is 1. The third-order valence-corrected chi connectivity index (χ3v) is 3.93. The predicted molar refractivity (Wildman–Crippen MR) is 74.3 cm³/mol. The van der Waals surface area contributed by atoms with Crippen LogP contribution in [0.2, 0.25) is 0 Å². The molecule has 1 aliphatic rings. The van der Waals surface area contributed by atoms with E-state index in [1.807, 2.05) is 0 Å². The first kappa shape index (κ1) is 14.0. The van der Waals surface area contributed by atoms with Crippen LogP contribution in [0.5, 0.6) is 0 Å². The van der Waals surface area contributed by atoms with Crippen LogP contribution in [0.15, 0.2) is 24.3 Å². The summed E-state index contributed by atoms with van der Waals surface area (Å²) in [5.41, 5.74) is 1.01. The molecular weight excluding hydrogens is 241 g/mol. The highest BCUT2D eigenvalue weighted by atomic mass is 19.1. The molecule has 0 bridgehead atoms. The summed E-state index contributed by atoms with van der Waals surface area (Å²) in [6, 6.07) is 6.72. The van der Waals surface area contributed by atoms with Crippen LogP contribution in [-0.4, -0.2) is 11.9 Å². The average molecular weight is 263 g/mol. The standard InChI is InChI=1S/C16H22FNO/c1-12-2-9-15(10-3-12)18-16(19)11-6-13-4-7-14(17)8-5-13/h4-5,7-8,12,15H,2-3,6,9-11H2,1H3,(H,18,19). The first-order valence-electron chi connectivity index (χ1n) is 7.17. The maximum Gasteiger partial charge on any atom is 0.220 e. The summed E-state index contributed by atoms with van der Waals surface area (Å²) in [6.45, 7) is 2.27. The van der Waals surface area contributed by atoms with E-state index in [9.17, 15) is 9.18 Å². The SMILES string of the molecule is CC1CCC(NC(=O)CCc2ccc(F)cc2)CC1. The summed E-state index contributed by atoms with van der Waals surface area (Å²) in [5, 5.41) is 3.11. The Hall–Kier alpha value is -1.38. The number of hydrogen-bond acceptors (Lipinski definition) is 1. The molecule has 2 rings (SSSR count). The Kier molecular flexibility index (Phi) is 4.94. The quantitative estimate of drug-likeness (QED) is 0.885. The van der Waals surface area contributed by atoms with Crippen LogP contribution in [0.3, 0.4) is 0 Å². The van der Waals surface area contributed by atoms with Gasteiger partial charge < -0.3 is 5.32 Å². The van der Waals surface area contributed by atoms with Gasteiger partial charge in [-0.25, -0.2) is 4.39 Å². The molecule has 0 radical (unpaired) electrons. The zero-order valence-corrected chi connectivity index (χ0v) is 11.5. The monoisotopic (exact) mass is 263 g/mol. The van der Waals surface area contributed by atoms with E-state index >= 15 is 0 Å². The molecule has 19 heavy (non-hydrogen) atoms. The maximum atomic E-state index is 12.7. The largest absolute Gasteiger partial charge is 0.353 e. The van der Waals surface area contributed by atoms with Gasteiger partial charge in [0.1, 0.15) is 5.82 Å². The summed E-state index contributed by atoms with van der Waals surface area (Å²) in [6.07, 6.45) is 5.78. The van der Waals surface area contributed by atoms with Gasteiger partial charge in [-0.1, -0.05) is 19.1 Å². The number of nitrogens with one attached hydrogen (secondary N) is 1. The summed E-state index contributed by atoms with van der Waals surface area (Å²) in [5.74, 6) is 0.681. The topological polar surface area (TPSA) is 29.1 Å². The highest BCUT2D eigenvalue weighted by molar-refractivity contribution is 5.76. The summed E-state index contributed by atoms with van der Waals surface area (Å²) < 4.78 is 12.7. The Morgan fingerprint density at radius 2 is 1.84 bits per heavy atom. The van der Waals surface area contributed by atoms with Crippen LogP contribution in [0.1, 0.15) is 44.6 Å². The molecule has 0 saturated heterocycles. The number of carbonyl (C=O) groups is 1. The predicted octanol–water partition coefficient (Wildman–Crippen LogP) is 3.45. The molecule has 1 fully saturated rings. The molecule has 0 aliphatic heterocycles. The zero-order valence-electron chi connectivity index (χ0n) is 11.5. The highest BCUT2D eigenvalue weighted by Gasteiger charge is 2.19. The van der Waals surface area contributed by atoms with Gasteiger partial charge in [-0.3, -0.25) is 4.79 Å². The molecule has 0 heterocycles. The van der Waals surface area contributed by atoms with Crippen molar-refractivity contribution in [2.24, 2.45) is 5.92 Å². The molecule has 1 N–H and O–H groups in total. The molecule has 0 unspecified atom stereocenters. The average Bonchev–Trinajstić information content (AvgIpc) is 2.41. The van der Waals surface area contributed by atoms with Crippen molar-refractivity contribution in [3.8, 4) is 0 Å². The Balaban J connectivity index is 1.71. The lowest BCUT2D eigenvalue weighted by molar-refractivity contribution is -0.122. The van der Waals surface area contributed by atoms with Crippen molar-refractivity contribution >= 4 is 5.91 Å². The van der Waals surface area contributed by atoms with E-state index in [2.05, 4.69) is 12.2 Å². The van der Waals surface area contributed by atoms with Crippen molar-refractivity contribution in [1.82, 2.24) is 5.32 Å². The minimum Gasteiger partial charge on any atom is -0.353 e. The highest BCUT2D eigenvalue weighted by Crippen LogP contribution is 2.23. The van der Waals surface area contributed by atoms with Crippen molar-refractivity contribution in [2.45, 2.75) is 51.5 Å². The number of carbonyl (C=O) groups excluding carboxylic acids is 1. The van der Waals surface area contributed by atoms with Crippen molar-refractivity contribution in [1.29, 1.82) is 0 Å². The maximum absolute atomic E-state index is 12.7. The molecule has 3 heteroatoms. The van der Waals surface area contributed by atoms with E-state index in [0.717, 1.165) is 24.3 Å². The van der Waals surface area contributed by atoms with Gasteiger partial charge in [-0.05, 0) is 55.7 Å². The lowest BCUT2D eigenvalue weighted by Gasteiger charge is -2.26. The third kappa shape index (κ3) is 4.66. The number of benzene rings is 1. The van der Waals surface area contributed by atoms with E-state index in [-0.39, 0.29) is 11.7 Å². The van der Waals surface area contributed by atoms with E-state index in [1.54, 1.807) is 12.1 Å². The van der Waals surface area contributed by atoms with Crippen molar-refractivity contribution in [2.75, 3.05) is 0 Å². The van der Waals surface area contributed by atoms with E-state index < -0.39 is 0 Å². The fourth-order valence-corrected chi connectivity index (χ4v) is 2.61. The van der Waals surface area contributed by atoms with Gasteiger partial charge in [0.05, 0.1) is 0 Å². The van der Waals surface area contributed by atoms with Gasteiger partial charge >= 0.3 is 0 Å². The van der Waals surface area contributed by atoms with Gasteiger partial charge in [0.2, 0.25) is 5.91 Å². The molecule has 1 aromatic carbocycles. The third-order valence-electron chi connectivity index (χ3n) is 3.93. The molecule has 1 saturated carbocycles. The zero-order chi connectivity index (χ0) is 13.7. The molecule has 1 aliphatic carbocycles. The Bertz CT molecular complexity index is 407. The minimum absolute atomic E-state index is 0.115. The number of rotatable bonds is 4. The van der Waals surface area contributed by atoms with Crippen LogP contribution < -0.4 is 5.32 Å². The number of aryl methyl sites for hydroxylation is 1. The lowest BCUT2D eigenvalue weighted by Crippen LogP contribution is -2.37. The minimum atomic E-state index is -0.232. The molecule has 0 aromatic heterocycles. The number of amides is 1. The first-order valence-corrected chi connectivity index (χ1v) is 7.17. The van der Waals surface area contributed by atoms with Crippen LogP contribution >= 0.6 is 0 Å². The Labute approximate surface area is 114 Å². The summed E-state index contributed by atoms with van der Waals surface area (Å²) in [7, 11) is 0. The molecule has 1 aromatic rings. The van der Waals surface area contributed by atoms with Crippen LogP contribution in [0.4, 0.5) is 4.39 Å². The number of halogens is 1. The normalized spacial score (nSPS) is 23.1. The first-order chi connectivity index (χ1) is 9.13. The fraction of sp³-hybridized carbons (Fsp3) is 0.562. The second-order valence-corrected chi connectivity index (χ2v) is 5.65. The van der Waals surface area contributed by atoms with E-state index in [4.69, 9.17) is 0 Å².